The molecule has 3 fully saturated rings. The van der Waals surface area contributed by atoms with Gasteiger partial charge < -0.3 is 9.64 Å². The van der Waals surface area contributed by atoms with E-state index in [4.69, 9.17) is 21.9 Å². The van der Waals surface area contributed by atoms with Crippen LogP contribution in [-0.4, -0.2) is 66.1 Å². The minimum atomic E-state index is -0.0328. The normalized spacial score (nSPS) is 32.9. The van der Waals surface area contributed by atoms with Gasteiger partial charge >= 0.3 is 0 Å². The van der Waals surface area contributed by atoms with Crippen molar-refractivity contribution in [2.24, 2.45) is 10.4 Å². The number of hydrogen-bond acceptors (Lipinski definition) is 4. The first-order chi connectivity index (χ1) is 10.5. The Labute approximate surface area is 139 Å². The quantitative estimate of drug-likeness (QED) is 0.731. The largest absolute Gasteiger partial charge is 0.379 e. The summed E-state index contributed by atoms with van der Waals surface area (Å²) < 4.78 is 5.54. The van der Waals surface area contributed by atoms with E-state index in [1.807, 2.05) is 0 Å². The van der Waals surface area contributed by atoms with Crippen LogP contribution < -0.4 is 0 Å². The lowest BCUT2D eigenvalue weighted by Gasteiger charge is -2.38. The van der Waals surface area contributed by atoms with Crippen LogP contribution in [0, 0.1) is 5.41 Å². The summed E-state index contributed by atoms with van der Waals surface area (Å²) in [5.41, 5.74) is -0.0328. The van der Waals surface area contributed by atoms with Gasteiger partial charge in [0.05, 0.1) is 30.3 Å². The van der Waals surface area contributed by atoms with E-state index in [9.17, 15) is 0 Å². The number of nitrogens with zero attached hydrogens (tertiary/aromatic N) is 3. The molecular weight excluding hydrogens is 294 g/mol. The topological polar surface area (TPSA) is 28.1 Å². The zero-order chi connectivity index (χ0) is 15.7. The standard InChI is InChI=1S/C17H29N3OS/c1-17(2)14(20-9-11-21-12-10-20)15(19(3)16(17)22)18-13-7-5-4-6-8-13/h13-14H,4-12H2,1-3H3. The van der Waals surface area contributed by atoms with Crippen molar-refractivity contribution in [3.63, 3.8) is 0 Å². The van der Waals surface area contributed by atoms with Gasteiger partial charge in [-0.25, -0.2) is 0 Å². The third-order valence-electron chi connectivity index (χ3n) is 5.43. The Kier molecular flexibility index (Phi) is 4.86. The van der Waals surface area contributed by atoms with Crippen molar-refractivity contribution in [1.82, 2.24) is 9.80 Å². The van der Waals surface area contributed by atoms with Crippen LogP contribution in [0.4, 0.5) is 0 Å². The number of morpholine rings is 1. The lowest BCUT2D eigenvalue weighted by atomic mass is 9.85. The molecule has 22 heavy (non-hydrogen) atoms. The molecule has 0 N–H and O–H groups in total. The summed E-state index contributed by atoms with van der Waals surface area (Å²) in [6, 6.07) is 0.794. The molecule has 1 aliphatic carbocycles. The maximum atomic E-state index is 5.76. The molecule has 0 radical (unpaired) electrons. The number of likely N-dealkylation sites (tertiary alicyclic amines) is 1. The van der Waals surface area contributed by atoms with Crippen molar-refractivity contribution in [2.45, 2.75) is 58.0 Å². The first-order valence-corrected chi connectivity index (χ1v) is 9.10. The summed E-state index contributed by atoms with van der Waals surface area (Å²) in [6.07, 6.45) is 6.48. The molecule has 3 aliphatic rings. The first kappa shape index (κ1) is 16.3. The van der Waals surface area contributed by atoms with E-state index < -0.39 is 0 Å². The molecule has 0 aromatic carbocycles. The van der Waals surface area contributed by atoms with Gasteiger partial charge in [0.2, 0.25) is 0 Å². The fraction of sp³-hybridized carbons (Fsp3) is 0.882. The van der Waals surface area contributed by atoms with Gasteiger partial charge in [-0.2, -0.15) is 0 Å². The van der Waals surface area contributed by atoms with Crippen LogP contribution in [0.1, 0.15) is 46.0 Å². The summed E-state index contributed by atoms with van der Waals surface area (Å²) in [7, 11) is 2.10. The van der Waals surface area contributed by atoms with E-state index in [1.54, 1.807) is 0 Å². The van der Waals surface area contributed by atoms with Gasteiger partial charge in [-0.1, -0.05) is 45.3 Å². The maximum absolute atomic E-state index is 5.76. The molecule has 4 nitrogen and oxygen atoms in total. The molecule has 2 heterocycles. The van der Waals surface area contributed by atoms with Gasteiger partial charge in [-0.15, -0.1) is 0 Å². The molecule has 5 heteroatoms. The second-order valence-electron chi connectivity index (χ2n) is 7.42. The van der Waals surface area contributed by atoms with Gasteiger partial charge in [0.15, 0.2) is 0 Å². The summed E-state index contributed by atoms with van der Waals surface area (Å²) >= 11 is 5.76. The lowest BCUT2D eigenvalue weighted by molar-refractivity contribution is 0.0171. The van der Waals surface area contributed by atoms with Crippen molar-refractivity contribution in [1.29, 1.82) is 0 Å². The maximum Gasteiger partial charge on any atom is 0.122 e. The second kappa shape index (κ2) is 6.54. The first-order valence-electron chi connectivity index (χ1n) is 8.69. The highest BCUT2D eigenvalue weighted by atomic mass is 32.1. The van der Waals surface area contributed by atoms with E-state index in [0.717, 1.165) is 31.3 Å². The zero-order valence-corrected chi connectivity index (χ0v) is 15.0. The van der Waals surface area contributed by atoms with Crippen molar-refractivity contribution in [2.75, 3.05) is 33.4 Å². The van der Waals surface area contributed by atoms with Crippen LogP contribution >= 0.6 is 12.2 Å². The van der Waals surface area contributed by atoms with E-state index in [1.165, 1.54) is 37.9 Å². The highest BCUT2D eigenvalue weighted by molar-refractivity contribution is 7.80. The molecule has 124 valence electrons. The Hall–Kier alpha value is -0.520. The van der Waals surface area contributed by atoms with Crippen molar-refractivity contribution in [3.8, 4) is 0 Å². The van der Waals surface area contributed by atoms with Gasteiger partial charge in [0.25, 0.3) is 0 Å². The third-order valence-corrected chi connectivity index (χ3v) is 6.23. The van der Waals surface area contributed by atoms with E-state index in [-0.39, 0.29) is 5.41 Å². The average Bonchev–Trinajstić information content (AvgIpc) is 2.70. The minimum absolute atomic E-state index is 0.0328. The average molecular weight is 324 g/mol. The SMILES string of the molecule is CN1C(=S)C(C)(C)C(N2CCOCC2)C1=NC1CCCCC1. The Morgan fingerprint density at radius 3 is 2.41 bits per heavy atom. The van der Waals surface area contributed by atoms with Gasteiger partial charge in [0.1, 0.15) is 5.84 Å². The van der Waals surface area contributed by atoms with Gasteiger partial charge in [-0.3, -0.25) is 9.89 Å². The molecule has 0 amide bonds. The van der Waals surface area contributed by atoms with Crippen LogP contribution in [0.15, 0.2) is 4.99 Å². The van der Waals surface area contributed by atoms with Crippen molar-refractivity contribution in [3.05, 3.63) is 0 Å². The highest BCUT2D eigenvalue weighted by Crippen LogP contribution is 2.38. The molecule has 0 bridgehead atoms. The number of rotatable bonds is 2. The van der Waals surface area contributed by atoms with E-state index in [0.29, 0.717) is 12.1 Å². The second-order valence-corrected chi connectivity index (χ2v) is 7.80. The molecular formula is C17H29N3OS. The Morgan fingerprint density at radius 2 is 1.77 bits per heavy atom. The molecule has 2 saturated heterocycles. The van der Waals surface area contributed by atoms with Crippen molar-refractivity contribution < 1.29 is 4.74 Å². The minimum Gasteiger partial charge on any atom is -0.379 e. The number of thiocarbonyl (C=S) groups is 1. The molecule has 1 unspecified atom stereocenters. The molecule has 3 rings (SSSR count). The number of hydrogen-bond donors (Lipinski definition) is 0. The number of likely N-dealkylation sites (N-methyl/N-ethyl adjacent to an activating group) is 1. The van der Waals surface area contributed by atoms with Crippen molar-refractivity contribution >= 4 is 23.0 Å². The number of aliphatic imine (C=N–C) groups is 1. The fourth-order valence-corrected chi connectivity index (χ4v) is 4.37. The van der Waals surface area contributed by atoms with Crippen LogP contribution in [0.3, 0.4) is 0 Å². The summed E-state index contributed by atoms with van der Waals surface area (Å²) in [6.45, 7) is 8.15. The fourth-order valence-electron chi connectivity index (χ4n) is 4.17. The lowest BCUT2D eigenvalue weighted by Crippen LogP contribution is -2.52. The molecule has 0 aromatic rings. The number of amidine groups is 1. The van der Waals surface area contributed by atoms with Crippen LogP contribution in [-0.2, 0) is 4.74 Å². The molecule has 0 aromatic heterocycles. The third kappa shape index (κ3) is 2.95. The highest BCUT2D eigenvalue weighted by Gasteiger charge is 2.50. The Balaban J connectivity index is 1.89. The van der Waals surface area contributed by atoms with E-state index >= 15 is 0 Å². The molecule has 1 saturated carbocycles. The summed E-state index contributed by atoms with van der Waals surface area (Å²) in [5.74, 6) is 1.20. The molecule has 2 aliphatic heterocycles. The predicted molar refractivity (Wildman–Crippen MR) is 94.6 cm³/mol. The van der Waals surface area contributed by atoms with Crippen LogP contribution in [0.2, 0.25) is 0 Å². The molecule has 1 atom stereocenters. The van der Waals surface area contributed by atoms with Crippen LogP contribution in [0.25, 0.3) is 0 Å². The van der Waals surface area contributed by atoms with Gasteiger partial charge in [-0.05, 0) is 12.8 Å². The Bertz CT molecular complexity index is 451. The monoisotopic (exact) mass is 323 g/mol. The summed E-state index contributed by atoms with van der Waals surface area (Å²) in [5, 5.41) is 0. The van der Waals surface area contributed by atoms with E-state index in [2.05, 4.69) is 30.7 Å². The predicted octanol–water partition coefficient (Wildman–Crippen LogP) is 2.72. The molecule has 0 spiro atoms. The van der Waals surface area contributed by atoms with Crippen LogP contribution in [0.5, 0.6) is 0 Å². The summed E-state index contributed by atoms with van der Waals surface area (Å²) in [4.78, 5) is 10.9. The smallest absolute Gasteiger partial charge is 0.122 e. The number of ether oxygens (including phenoxy) is 1. The zero-order valence-electron chi connectivity index (χ0n) is 14.2. The van der Waals surface area contributed by atoms with Gasteiger partial charge in [0, 0.05) is 25.6 Å². The Morgan fingerprint density at radius 1 is 1.14 bits per heavy atom.